The van der Waals surface area contributed by atoms with E-state index in [-0.39, 0.29) is 5.91 Å². The zero-order valence-electron chi connectivity index (χ0n) is 12.4. The molecule has 0 aliphatic carbocycles. The highest BCUT2D eigenvalue weighted by Crippen LogP contribution is 2.16. The quantitative estimate of drug-likeness (QED) is 0.853. The van der Waals surface area contributed by atoms with E-state index in [9.17, 15) is 4.79 Å². The predicted octanol–water partition coefficient (Wildman–Crippen LogP) is 1.07. The van der Waals surface area contributed by atoms with Crippen molar-refractivity contribution in [3.63, 3.8) is 0 Å². The number of likely N-dealkylation sites (N-methyl/N-ethyl adjacent to an activating group) is 1. The standard InChI is InChI=1S/C14H24N4OS/c1-3-17(4-2)8-5-13-16-11-12(20-13)14(19)18-9-6-15-7-10-18/h11,15H,3-10H2,1-2H3. The molecular weight excluding hydrogens is 272 g/mol. The van der Waals surface area contributed by atoms with Crippen LogP contribution < -0.4 is 5.32 Å². The summed E-state index contributed by atoms with van der Waals surface area (Å²) in [5.41, 5.74) is 0. The van der Waals surface area contributed by atoms with E-state index in [0.29, 0.717) is 0 Å². The Morgan fingerprint density at radius 1 is 1.40 bits per heavy atom. The van der Waals surface area contributed by atoms with Gasteiger partial charge in [0.25, 0.3) is 5.91 Å². The first-order chi connectivity index (χ1) is 9.74. The highest BCUT2D eigenvalue weighted by Gasteiger charge is 2.20. The number of thiazole rings is 1. The Balaban J connectivity index is 1.89. The van der Waals surface area contributed by atoms with E-state index in [1.165, 1.54) is 0 Å². The molecule has 1 saturated heterocycles. The minimum absolute atomic E-state index is 0.137. The molecule has 112 valence electrons. The lowest BCUT2D eigenvalue weighted by Crippen LogP contribution is -2.46. The van der Waals surface area contributed by atoms with Crippen LogP contribution in [0.15, 0.2) is 6.20 Å². The molecule has 0 unspecified atom stereocenters. The van der Waals surface area contributed by atoms with Crippen LogP contribution in [0.2, 0.25) is 0 Å². The van der Waals surface area contributed by atoms with E-state index in [2.05, 4.69) is 29.0 Å². The second kappa shape index (κ2) is 7.71. The van der Waals surface area contributed by atoms with Gasteiger partial charge in [-0.05, 0) is 13.1 Å². The van der Waals surface area contributed by atoms with Gasteiger partial charge in [-0.3, -0.25) is 4.79 Å². The number of nitrogens with zero attached hydrogens (tertiary/aromatic N) is 3. The first-order valence-corrected chi connectivity index (χ1v) is 8.23. The first kappa shape index (κ1) is 15.4. The zero-order valence-corrected chi connectivity index (χ0v) is 13.2. The fourth-order valence-corrected chi connectivity index (χ4v) is 3.22. The molecule has 5 nitrogen and oxygen atoms in total. The molecule has 0 spiro atoms. The highest BCUT2D eigenvalue weighted by molar-refractivity contribution is 7.13. The molecule has 1 amide bonds. The van der Waals surface area contributed by atoms with Crippen molar-refractivity contribution < 1.29 is 4.79 Å². The monoisotopic (exact) mass is 296 g/mol. The molecule has 1 aromatic rings. The van der Waals surface area contributed by atoms with Gasteiger partial charge in [-0.15, -0.1) is 11.3 Å². The van der Waals surface area contributed by atoms with Crippen molar-refractivity contribution in [3.05, 3.63) is 16.1 Å². The van der Waals surface area contributed by atoms with Crippen LogP contribution in [0.4, 0.5) is 0 Å². The van der Waals surface area contributed by atoms with Gasteiger partial charge in [-0.1, -0.05) is 13.8 Å². The van der Waals surface area contributed by atoms with Gasteiger partial charge in [0, 0.05) is 39.1 Å². The van der Waals surface area contributed by atoms with E-state index < -0.39 is 0 Å². The maximum absolute atomic E-state index is 12.3. The maximum Gasteiger partial charge on any atom is 0.265 e. The first-order valence-electron chi connectivity index (χ1n) is 7.41. The minimum atomic E-state index is 0.137. The van der Waals surface area contributed by atoms with Crippen molar-refractivity contribution in [2.24, 2.45) is 0 Å². The lowest BCUT2D eigenvalue weighted by molar-refractivity contribution is 0.0740. The second-order valence-corrected chi connectivity index (χ2v) is 6.05. The number of piperazine rings is 1. The fourth-order valence-electron chi connectivity index (χ4n) is 2.34. The fraction of sp³-hybridized carbons (Fsp3) is 0.714. The number of nitrogens with one attached hydrogen (secondary N) is 1. The van der Waals surface area contributed by atoms with E-state index in [1.54, 1.807) is 17.5 Å². The Morgan fingerprint density at radius 2 is 2.10 bits per heavy atom. The highest BCUT2D eigenvalue weighted by atomic mass is 32.1. The molecule has 2 heterocycles. The number of hydrogen-bond acceptors (Lipinski definition) is 5. The Bertz CT molecular complexity index is 425. The summed E-state index contributed by atoms with van der Waals surface area (Å²) in [4.78, 5) is 21.8. The molecular formula is C14H24N4OS. The van der Waals surface area contributed by atoms with E-state index in [0.717, 1.165) is 62.1 Å². The third-order valence-corrected chi connectivity index (χ3v) is 4.75. The van der Waals surface area contributed by atoms with Gasteiger partial charge in [-0.2, -0.15) is 0 Å². The van der Waals surface area contributed by atoms with Gasteiger partial charge in [0.15, 0.2) is 0 Å². The minimum Gasteiger partial charge on any atom is -0.335 e. The van der Waals surface area contributed by atoms with Crippen molar-refractivity contribution in [3.8, 4) is 0 Å². The second-order valence-electron chi connectivity index (χ2n) is 4.94. The molecule has 0 radical (unpaired) electrons. The van der Waals surface area contributed by atoms with Gasteiger partial charge in [0.2, 0.25) is 0 Å². The topological polar surface area (TPSA) is 48.5 Å². The molecule has 0 saturated carbocycles. The number of aromatic nitrogens is 1. The molecule has 1 fully saturated rings. The van der Waals surface area contributed by atoms with Crippen LogP contribution in [0.5, 0.6) is 0 Å². The molecule has 1 N–H and O–H groups in total. The van der Waals surface area contributed by atoms with Crippen LogP contribution in [-0.4, -0.2) is 66.5 Å². The molecule has 2 rings (SSSR count). The summed E-state index contributed by atoms with van der Waals surface area (Å²) in [5.74, 6) is 0.137. The van der Waals surface area contributed by atoms with Crippen molar-refractivity contribution in [2.45, 2.75) is 20.3 Å². The van der Waals surface area contributed by atoms with Crippen LogP contribution in [0, 0.1) is 0 Å². The molecule has 0 atom stereocenters. The van der Waals surface area contributed by atoms with Crippen LogP contribution >= 0.6 is 11.3 Å². The Hall–Kier alpha value is -0.980. The third kappa shape index (κ3) is 4.01. The van der Waals surface area contributed by atoms with E-state index in [4.69, 9.17) is 0 Å². The Labute approximate surface area is 125 Å². The normalized spacial score (nSPS) is 15.8. The molecule has 1 aromatic heterocycles. The summed E-state index contributed by atoms with van der Waals surface area (Å²) < 4.78 is 0. The van der Waals surface area contributed by atoms with Gasteiger partial charge in [0.05, 0.1) is 11.2 Å². The van der Waals surface area contributed by atoms with E-state index >= 15 is 0 Å². The predicted molar refractivity (Wildman–Crippen MR) is 82.4 cm³/mol. The maximum atomic E-state index is 12.3. The summed E-state index contributed by atoms with van der Waals surface area (Å²) in [6.07, 6.45) is 2.67. The lowest BCUT2D eigenvalue weighted by atomic mass is 10.3. The summed E-state index contributed by atoms with van der Waals surface area (Å²) in [5, 5.41) is 4.33. The number of rotatable bonds is 6. The Morgan fingerprint density at radius 3 is 2.75 bits per heavy atom. The number of hydrogen-bond donors (Lipinski definition) is 1. The molecule has 6 heteroatoms. The molecule has 20 heavy (non-hydrogen) atoms. The SMILES string of the molecule is CCN(CC)CCc1ncc(C(=O)N2CCNCC2)s1. The van der Waals surface area contributed by atoms with Gasteiger partial charge < -0.3 is 15.1 Å². The number of carbonyl (C=O) groups excluding carboxylic acids is 1. The summed E-state index contributed by atoms with van der Waals surface area (Å²) >= 11 is 1.55. The van der Waals surface area contributed by atoms with Crippen molar-refractivity contribution in [1.82, 2.24) is 20.1 Å². The van der Waals surface area contributed by atoms with Crippen LogP contribution in [-0.2, 0) is 6.42 Å². The largest absolute Gasteiger partial charge is 0.335 e. The molecule has 0 bridgehead atoms. The van der Waals surface area contributed by atoms with Crippen LogP contribution in [0.1, 0.15) is 28.5 Å². The number of carbonyl (C=O) groups is 1. The number of amides is 1. The average Bonchev–Trinajstić information content (AvgIpc) is 2.97. The summed E-state index contributed by atoms with van der Waals surface area (Å²) in [6, 6.07) is 0. The van der Waals surface area contributed by atoms with Crippen LogP contribution in [0.3, 0.4) is 0 Å². The van der Waals surface area contributed by atoms with Crippen LogP contribution in [0.25, 0.3) is 0 Å². The van der Waals surface area contributed by atoms with Gasteiger partial charge in [0.1, 0.15) is 4.88 Å². The summed E-state index contributed by atoms with van der Waals surface area (Å²) in [6.45, 7) is 10.9. The summed E-state index contributed by atoms with van der Waals surface area (Å²) in [7, 11) is 0. The lowest BCUT2D eigenvalue weighted by Gasteiger charge is -2.26. The van der Waals surface area contributed by atoms with Crippen molar-refractivity contribution in [2.75, 3.05) is 45.8 Å². The van der Waals surface area contributed by atoms with Gasteiger partial charge >= 0.3 is 0 Å². The molecule has 0 aromatic carbocycles. The molecule has 1 aliphatic rings. The zero-order chi connectivity index (χ0) is 14.4. The smallest absolute Gasteiger partial charge is 0.265 e. The van der Waals surface area contributed by atoms with E-state index in [1.807, 2.05) is 4.90 Å². The van der Waals surface area contributed by atoms with Crippen molar-refractivity contribution in [1.29, 1.82) is 0 Å². The molecule has 1 aliphatic heterocycles. The van der Waals surface area contributed by atoms with Gasteiger partial charge in [-0.25, -0.2) is 4.98 Å². The van der Waals surface area contributed by atoms with Crippen molar-refractivity contribution >= 4 is 17.2 Å². The average molecular weight is 296 g/mol. The Kier molecular flexibility index (Phi) is 5.94. The third-order valence-electron chi connectivity index (χ3n) is 3.70.